The predicted molar refractivity (Wildman–Crippen MR) is 34.5 cm³/mol. The van der Waals surface area contributed by atoms with Gasteiger partial charge < -0.3 is 5.32 Å². The van der Waals surface area contributed by atoms with E-state index in [1.165, 1.54) is 0 Å². The summed E-state index contributed by atoms with van der Waals surface area (Å²) in [7, 11) is 0. The lowest BCUT2D eigenvalue weighted by molar-refractivity contribution is 1.18. The molecule has 1 N–H and O–H groups in total. The van der Waals surface area contributed by atoms with Crippen LogP contribution in [-0.2, 0) is 0 Å². The quantitative estimate of drug-likeness (QED) is 0.492. The maximum absolute atomic E-state index is 3.92. The Hall–Kier alpha value is -1.05. The summed E-state index contributed by atoms with van der Waals surface area (Å²) in [5.41, 5.74) is 1.13. The van der Waals surface area contributed by atoms with Crippen molar-refractivity contribution >= 4 is 6.21 Å². The average molecular weight is 108 g/mol. The van der Waals surface area contributed by atoms with E-state index in [1.807, 2.05) is 13.1 Å². The highest BCUT2D eigenvalue weighted by molar-refractivity contribution is 5.78. The van der Waals surface area contributed by atoms with Gasteiger partial charge in [0.1, 0.15) is 0 Å². The molecule has 1 rings (SSSR count). The molecular weight excluding hydrogens is 100 g/mol. The van der Waals surface area contributed by atoms with Gasteiger partial charge in [0.15, 0.2) is 0 Å². The molecule has 8 heavy (non-hydrogen) atoms. The fourth-order valence-electron chi connectivity index (χ4n) is 0.463. The second kappa shape index (κ2) is 2.31. The van der Waals surface area contributed by atoms with Gasteiger partial charge in [-0.2, -0.15) is 0 Å². The number of aliphatic imine (C=N–C) groups is 1. The van der Waals surface area contributed by atoms with Crippen LogP contribution in [0.2, 0.25) is 0 Å². The minimum Gasteiger partial charge on any atom is -0.366 e. The predicted octanol–water partition coefficient (Wildman–Crippen LogP) is 1.04. The van der Waals surface area contributed by atoms with Crippen molar-refractivity contribution in [3.05, 3.63) is 24.2 Å². The van der Waals surface area contributed by atoms with Gasteiger partial charge >= 0.3 is 0 Å². The van der Waals surface area contributed by atoms with E-state index in [0.717, 1.165) is 5.57 Å². The van der Waals surface area contributed by atoms with Crippen molar-refractivity contribution in [2.45, 2.75) is 6.92 Å². The molecule has 0 aromatic rings. The third-order valence-electron chi connectivity index (χ3n) is 0.846. The standard InChI is InChI=1S/C6H8N2/c1-6-4-7-2-3-8-5-6/h2-5,7H,1H3. The fourth-order valence-corrected chi connectivity index (χ4v) is 0.463. The van der Waals surface area contributed by atoms with E-state index >= 15 is 0 Å². The Balaban J connectivity index is 2.69. The van der Waals surface area contributed by atoms with E-state index in [-0.39, 0.29) is 0 Å². The highest BCUT2D eigenvalue weighted by atomic mass is 14.8. The first-order valence-electron chi connectivity index (χ1n) is 2.50. The van der Waals surface area contributed by atoms with E-state index < -0.39 is 0 Å². The molecule has 0 radical (unpaired) electrons. The van der Waals surface area contributed by atoms with Crippen LogP contribution >= 0.6 is 0 Å². The molecule has 1 heterocycles. The van der Waals surface area contributed by atoms with Crippen LogP contribution in [0.15, 0.2) is 29.2 Å². The number of nitrogens with zero attached hydrogens (tertiary/aromatic N) is 1. The number of hydrogen-bond acceptors (Lipinski definition) is 2. The molecular formula is C6H8N2. The molecule has 2 heteroatoms. The first-order chi connectivity index (χ1) is 3.89. The van der Waals surface area contributed by atoms with Crippen molar-refractivity contribution in [3.63, 3.8) is 0 Å². The minimum absolute atomic E-state index is 1.13. The van der Waals surface area contributed by atoms with E-state index in [4.69, 9.17) is 0 Å². The first kappa shape index (κ1) is 5.09. The Morgan fingerprint density at radius 1 is 1.62 bits per heavy atom. The summed E-state index contributed by atoms with van der Waals surface area (Å²) in [5, 5.41) is 2.93. The van der Waals surface area contributed by atoms with Crippen LogP contribution < -0.4 is 5.32 Å². The summed E-state index contributed by atoms with van der Waals surface area (Å²) in [6, 6.07) is 0. The molecule has 0 unspecified atom stereocenters. The maximum Gasteiger partial charge on any atom is 0.0428 e. The van der Waals surface area contributed by atoms with Crippen molar-refractivity contribution in [1.82, 2.24) is 5.32 Å². The van der Waals surface area contributed by atoms with E-state index in [2.05, 4.69) is 10.3 Å². The highest BCUT2D eigenvalue weighted by Crippen LogP contribution is 1.88. The molecule has 0 aromatic heterocycles. The zero-order valence-corrected chi connectivity index (χ0v) is 4.76. The molecule has 0 saturated carbocycles. The van der Waals surface area contributed by atoms with Crippen LogP contribution in [0.4, 0.5) is 0 Å². The van der Waals surface area contributed by atoms with E-state index in [9.17, 15) is 0 Å². The van der Waals surface area contributed by atoms with Crippen LogP contribution in [0, 0.1) is 0 Å². The smallest absolute Gasteiger partial charge is 0.0428 e. The molecule has 0 fully saturated rings. The number of allylic oxidation sites excluding steroid dienone is 1. The first-order valence-corrected chi connectivity index (χ1v) is 2.50. The van der Waals surface area contributed by atoms with Crippen molar-refractivity contribution in [2.75, 3.05) is 0 Å². The van der Waals surface area contributed by atoms with Crippen molar-refractivity contribution in [3.8, 4) is 0 Å². The Bertz CT molecular complexity index is 151. The summed E-state index contributed by atoms with van der Waals surface area (Å²) < 4.78 is 0. The zero-order valence-electron chi connectivity index (χ0n) is 4.76. The largest absolute Gasteiger partial charge is 0.366 e. The van der Waals surface area contributed by atoms with Gasteiger partial charge in [0.25, 0.3) is 0 Å². The SMILES string of the molecule is CC1=CNC=CN=C1. The molecule has 0 spiro atoms. The van der Waals surface area contributed by atoms with Crippen LogP contribution in [0.1, 0.15) is 6.92 Å². The van der Waals surface area contributed by atoms with Gasteiger partial charge in [-0.3, -0.25) is 4.99 Å². The van der Waals surface area contributed by atoms with Gasteiger partial charge in [-0.25, -0.2) is 0 Å². The Morgan fingerprint density at radius 3 is 3.38 bits per heavy atom. The van der Waals surface area contributed by atoms with Crippen molar-refractivity contribution in [1.29, 1.82) is 0 Å². The molecule has 0 bridgehead atoms. The van der Waals surface area contributed by atoms with Crippen LogP contribution in [0.3, 0.4) is 0 Å². The molecule has 0 aromatic carbocycles. The number of nitrogens with one attached hydrogen (secondary N) is 1. The normalized spacial score (nSPS) is 16.9. The van der Waals surface area contributed by atoms with Gasteiger partial charge in [0.05, 0.1) is 0 Å². The lowest BCUT2D eigenvalue weighted by Crippen LogP contribution is -1.91. The van der Waals surface area contributed by atoms with E-state index in [0.29, 0.717) is 0 Å². The maximum atomic E-state index is 3.92. The molecule has 0 saturated heterocycles. The molecule has 42 valence electrons. The fraction of sp³-hybridized carbons (Fsp3) is 0.167. The van der Waals surface area contributed by atoms with Gasteiger partial charge in [0.2, 0.25) is 0 Å². The van der Waals surface area contributed by atoms with Gasteiger partial charge in [-0.15, -0.1) is 0 Å². The molecule has 0 amide bonds. The summed E-state index contributed by atoms with van der Waals surface area (Å²) in [4.78, 5) is 3.92. The lowest BCUT2D eigenvalue weighted by atomic mass is 10.4. The van der Waals surface area contributed by atoms with Crippen molar-refractivity contribution < 1.29 is 0 Å². The van der Waals surface area contributed by atoms with Gasteiger partial charge in [-0.1, -0.05) is 0 Å². The zero-order chi connectivity index (χ0) is 5.82. The van der Waals surface area contributed by atoms with Crippen molar-refractivity contribution in [2.24, 2.45) is 4.99 Å². The monoisotopic (exact) mass is 108 g/mol. The van der Waals surface area contributed by atoms with Gasteiger partial charge in [-0.05, 0) is 12.5 Å². The van der Waals surface area contributed by atoms with Gasteiger partial charge in [0, 0.05) is 24.8 Å². The summed E-state index contributed by atoms with van der Waals surface area (Å²) in [6.45, 7) is 1.99. The minimum atomic E-state index is 1.13. The highest BCUT2D eigenvalue weighted by Gasteiger charge is 1.80. The lowest BCUT2D eigenvalue weighted by Gasteiger charge is -1.85. The van der Waals surface area contributed by atoms with Crippen LogP contribution in [0.25, 0.3) is 0 Å². The molecule has 1 aliphatic rings. The molecule has 0 aliphatic carbocycles. The number of hydrogen-bond donors (Lipinski definition) is 1. The molecule has 1 aliphatic heterocycles. The second-order valence-electron chi connectivity index (χ2n) is 1.65. The third-order valence-corrected chi connectivity index (χ3v) is 0.846. The number of rotatable bonds is 0. The third kappa shape index (κ3) is 1.22. The Kier molecular flexibility index (Phi) is 1.47. The van der Waals surface area contributed by atoms with E-state index in [1.54, 1.807) is 18.6 Å². The Morgan fingerprint density at radius 2 is 2.50 bits per heavy atom. The average Bonchev–Trinajstić information content (AvgIpc) is 1.94. The van der Waals surface area contributed by atoms with Crippen LogP contribution in [-0.4, -0.2) is 6.21 Å². The summed E-state index contributed by atoms with van der Waals surface area (Å²) in [5.74, 6) is 0. The summed E-state index contributed by atoms with van der Waals surface area (Å²) >= 11 is 0. The van der Waals surface area contributed by atoms with Crippen LogP contribution in [0.5, 0.6) is 0 Å². The summed E-state index contributed by atoms with van der Waals surface area (Å²) in [6.07, 6.45) is 7.20. The second-order valence-corrected chi connectivity index (χ2v) is 1.65. The molecule has 2 nitrogen and oxygen atoms in total. The topological polar surface area (TPSA) is 24.4 Å². The molecule has 0 atom stereocenters. The Labute approximate surface area is 48.6 Å².